The zero-order chi connectivity index (χ0) is 67.1. The van der Waals surface area contributed by atoms with Crippen molar-refractivity contribution in [2.45, 2.75) is 13.8 Å². The van der Waals surface area contributed by atoms with E-state index in [9.17, 15) is 0 Å². The van der Waals surface area contributed by atoms with Crippen LogP contribution in [0.1, 0.15) is 13.8 Å². The molecule has 0 atom stereocenters. The molecular formula is C94H98. The molecular weight excluding hydrogens is 1130 g/mol. The molecule has 94 heavy (non-hydrogen) atoms. The van der Waals surface area contributed by atoms with E-state index in [4.69, 9.17) is 0 Å². The fraction of sp³-hybridized carbons (Fsp3) is 0.0213. The molecule has 0 rings (SSSR count). The first-order valence-electron chi connectivity index (χ1n) is 31.5. The molecule has 0 heteroatoms. The van der Waals surface area contributed by atoms with E-state index in [1.54, 1.807) is 0 Å². The smallest absolute Gasteiger partial charge is 0.0467 e. The Morgan fingerprint density at radius 3 is 0.117 bits per heavy atom. The maximum absolute atomic E-state index is 2.00. The van der Waals surface area contributed by atoms with Crippen LogP contribution >= 0.6 is 0 Å². The average molecular weight is 1230 g/mol. The van der Waals surface area contributed by atoms with Crippen LogP contribution < -0.4 is 0 Å². The maximum Gasteiger partial charge on any atom is -0.0467 e. The van der Waals surface area contributed by atoms with Crippen molar-refractivity contribution in [1.29, 1.82) is 0 Å². The number of allylic oxidation sites excluding steroid dienone is 92. The van der Waals surface area contributed by atoms with Crippen molar-refractivity contribution in [3.63, 3.8) is 0 Å². The first-order chi connectivity index (χ1) is 46.9. The summed E-state index contributed by atoms with van der Waals surface area (Å²) >= 11 is 0. The minimum Gasteiger partial charge on any atom is -0.0877 e. The lowest BCUT2D eigenvalue weighted by molar-refractivity contribution is 1.73. The molecule has 0 nitrogen and oxygen atoms in total. The standard InChI is InChI=1S/C94H98/c1-3-5-7-9-11-13-15-17-19-21-23-25-27-29-31-33-35-37-39-41-43-45-47-49-51-53-55-57-59-61-63-65-67-69-71-73-75-77-79-81-83-85-87-89-91-93-94-92-90-88-86-84-82-80-78-76-74-72-70-68-66-64-62-60-58-56-54-52-50-48-46-44-42-40-38-36-34-32-30-28-26-24-22-20-18-16-14-12-10-8-6-4-2/h3-94H,1-2H3. The highest BCUT2D eigenvalue weighted by molar-refractivity contribution is 5.30. The van der Waals surface area contributed by atoms with E-state index in [1.165, 1.54) is 0 Å². The van der Waals surface area contributed by atoms with E-state index in [-0.39, 0.29) is 0 Å². The van der Waals surface area contributed by atoms with E-state index < -0.39 is 0 Å². The predicted octanol–water partition coefficient (Wildman–Crippen LogP) is 26.6. The van der Waals surface area contributed by atoms with E-state index in [1.807, 2.05) is 573 Å². The highest BCUT2D eigenvalue weighted by atomic mass is 13.8. The fourth-order valence-electron chi connectivity index (χ4n) is 5.87. The molecule has 474 valence electrons. The van der Waals surface area contributed by atoms with Crippen molar-refractivity contribution in [2.24, 2.45) is 0 Å². The normalized spacial score (nSPS) is 15.7. The predicted molar refractivity (Wildman–Crippen MR) is 432 cm³/mol. The van der Waals surface area contributed by atoms with Gasteiger partial charge in [-0.15, -0.1) is 0 Å². The largest absolute Gasteiger partial charge is 0.0877 e. The van der Waals surface area contributed by atoms with Crippen LogP contribution in [0, 0.1) is 0 Å². The van der Waals surface area contributed by atoms with Crippen LogP contribution in [0.4, 0.5) is 0 Å². The summed E-state index contributed by atoms with van der Waals surface area (Å²) in [6.07, 6.45) is 184. The minimum absolute atomic E-state index is 2.00. The Kier molecular flexibility index (Phi) is 70.7. The van der Waals surface area contributed by atoms with Gasteiger partial charge in [-0.25, -0.2) is 0 Å². The molecule has 0 aromatic rings. The zero-order valence-corrected chi connectivity index (χ0v) is 55.1. The summed E-state index contributed by atoms with van der Waals surface area (Å²) in [4.78, 5) is 0. The number of rotatable bonds is 45. The highest BCUT2D eigenvalue weighted by Gasteiger charge is 1.73. The van der Waals surface area contributed by atoms with Crippen molar-refractivity contribution in [3.8, 4) is 0 Å². The summed E-state index contributed by atoms with van der Waals surface area (Å²) in [5, 5.41) is 0. The summed E-state index contributed by atoms with van der Waals surface area (Å²) < 4.78 is 0. The quantitative estimate of drug-likeness (QED) is 0.0533. The lowest BCUT2D eigenvalue weighted by Crippen LogP contribution is -1.55. The van der Waals surface area contributed by atoms with Gasteiger partial charge in [0.15, 0.2) is 0 Å². The molecule has 0 amide bonds. The Hall–Kier alpha value is -12.0. The van der Waals surface area contributed by atoms with E-state index >= 15 is 0 Å². The van der Waals surface area contributed by atoms with Gasteiger partial charge in [0.25, 0.3) is 0 Å². The second-order valence-corrected chi connectivity index (χ2v) is 18.0. The first kappa shape index (κ1) is 82.0. The van der Waals surface area contributed by atoms with Gasteiger partial charge in [0.1, 0.15) is 0 Å². The molecule has 0 unspecified atom stereocenters. The first-order valence-corrected chi connectivity index (χ1v) is 31.5. The van der Waals surface area contributed by atoms with Crippen LogP contribution in [0.5, 0.6) is 0 Å². The molecule has 0 saturated heterocycles. The van der Waals surface area contributed by atoms with Crippen LogP contribution in [0.15, 0.2) is 559 Å². The van der Waals surface area contributed by atoms with E-state index in [2.05, 4.69) is 0 Å². The lowest BCUT2D eigenvalue weighted by atomic mass is 10.3. The fourth-order valence-corrected chi connectivity index (χ4v) is 5.87. The molecule has 0 aliphatic carbocycles. The molecule has 0 heterocycles. The second-order valence-electron chi connectivity index (χ2n) is 18.0. The van der Waals surface area contributed by atoms with Gasteiger partial charge in [0.05, 0.1) is 0 Å². The van der Waals surface area contributed by atoms with Crippen LogP contribution in [0.2, 0.25) is 0 Å². The van der Waals surface area contributed by atoms with Crippen LogP contribution in [0.3, 0.4) is 0 Å². The third-order valence-electron chi connectivity index (χ3n) is 10.3. The van der Waals surface area contributed by atoms with E-state index in [0.29, 0.717) is 0 Å². The third-order valence-corrected chi connectivity index (χ3v) is 10.3. The Morgan fingerprint density at radius 1 is 0.0532 bits per heavy atom. The molecule has 0 saturated carbocycles. The molecule has 0 aromatic carbocycles. The van der Waals surface area contributed by atoms with Gasteiger partial charge in [0.2, 0.25) is 0 Å². The number of hydrogen-bond donors (Lipinski definition) is 0. The van der Waals surface area contributed by atoms with Crippen molar-refractivity contribution >= 4 is 0 Å². The summed E-state index contributed by atoms with van der Waals surface area (Å²) in [6, 6.07) is 0. The summed E-state index contributed by atoms with van der Waals surface area (Å²) in [5.74, 6) is 0. The maximum atomic E-state index is 2.00. The van der Waals surface area contributed by atoms with Gasteiger partial charge >= 0.3 is 0 Å². The van der Waals surface area contributed by atoms with Crippen molar-refractivity contribution in [1.82, 2.24) is 0 Å². The Bertz CT molecular complexity index is 3190. The molecule has 0 aliphatic heterocycles. The summed E-state index contributed by atoms with van der Waals surface area (Å²) in [5.41, 5.74) is 0. The van der Waals surface area contributed by atoms with Gasteiger partial charge < -0.3 is 0 Å². The van der Waals surface area contributed by atoms with Gasteiger partial charge in [-0.3, -0.25) is 0 Å². The highest BCUT2D eigenvalue weighted by Crippen LogP contribution is 1.95. The Balaban J connectivity index is 4.12. The Morgan fingerprint density at radius 2 is 0.0851 bits per heavy atom. The van der Waals surface area contributed by atoms with E-state index in [0.717, 1.165) is 0 Å². The van der Waals surface area contributed by atoms with Gasteiger partial charge in [-0.2, -0.15) is 0 Å². The Labute approximate surface area is 569 Å². The van der Waals surface area contributed by atoms with Gasteiger partial charge in [-0.05, 0) is 13.8 Å². The van der Waals surface area contributed by atoms with Crippen molar-refractivity contribution in [3.05, 3.63) is 559 Å². The molecule has 0 fully saturated rings. The summed E-state index contributed by atoms with van der Waals surface area (Å²) in [7, 11) is 0. The zero-order valence-electron chi connectivity index (χ0n) is 55.1. The lowest BCUT2D eigenvalue weighted by Gasteiger charge is -1.77. The van der Waals surface area contributed by atoms with Crippen molar-refractivity contribution < 1.29 is 0 Å². The second kappa shape index (κ2) is 81.0. The van der Waals surface area contributed by atoms with Crippen LogP contribution in [-0.2, 0) is 0 Å². The third kappa shape index (κ3) is 80.0. The molecule has 0 aliphatic rings. The van der Waals surface area contributed by atoms with Crippen molar-refractivity contribution in [2.75, 3.05) is 0 Å². The molecule has 0 aromatic heterocycles. The molecule has 0 N–H and O–H groups in total. The number of hydrogen-bond acceptors (Lipinski definition) is 0. The van der Waals surface area contributed by atoms with Crippen LogP contribution in [-0.4, -0.2) is 0 Å². The molecule has 0 radical (unpaired) electrons. The molecule has 0 bridgehead atoms. The van der Waals surface area contributed by atoms with Gasteiger partial charge in [0, 0.05) is 0 Å². The van der Waals surface area contributed by atoms with Crippen LogP contribution in [0.25, 0.3) is 0 Å². The average Bonchev–Trinajstić information content (AvgIpc) is 3.59. The SMILES string of the molecule is CC=CC=CC=CC=CC=CC=CC=CC=CC=CC=CC=CC=CC=CC=CC=CC=CC=CC=CC=CC=CC=CC=CC=CC=CC=CC=CC=CC=CC=CC=CC=CC=CC=CC=CC=CC=CC=CC=CC=CC=CC=CC=CC=CC=CC=CC=CC. The topological polar surface area (TPSA) is 0 Å². The van der Waals surface area contributed by atoms with Gasteiger partial charge in [-0.1, -0.05) is 559 Å². The monoisotopic (exact) mass is 1230 g/mol. The summed E-state index contributed by atoms with van der Waals surface area (Å²) in [6.45, 7) is 4.00. The minimum atomic E-state index is 2.00. The molecule has 0 spiro atoms.